The molecule has 4 heteroatoms. The van der Waals surface area contributed by atoms with Gasteiger partial charge in [-0.1, -0.05) is 36.0 Å². The molecule has 1 aliphatic carbocycles. The summed E-state index contributed by atoms with van der Waals surface area (Å²) >= 11 is 11.5. The van der Waals surface area contributed by atoms with E-state index in [1.807, 2.05) is 0 Å². The maximum atomic E-state index is 12.0. The number of hydrogen-bond acceptors (Lipinski definition) is 2. The molecule has 0 aromatic carbocycles. The summed E-state index contributed by atoms with van der Waals surface area (Å²) in [7, 11) is 0. The van der Waals surface area contributed by atoms with E-state index in [1.165, 1.54) is 0 Å². The van der Waals surface area contributed by atoms with Crippen molar-refractivity contribution in [3.63, 3.8) is 0 Å². The molecule has 0 bridgehead atoms. The molecular formula is C11H11Cl2NO. The zero-order valence-corrected chi connectivity index (χ0v) is 9.68. The SMILES string of the molecule is O=C(c1cc(Cl)nc(Cl)c1)C1CCCC1. The Hall–Kier alpha value is -0.600. The van der Waals surface area contributed by atoms with Crippen LogP contribution in [0.4, 0.5) is 0 Å². The van der Waals surface area contributed by atoms with Gasteiger partial charge in [-0.25, -0.2) is 4.98 Å². The molecule has 0 atom stereocenters. The Morgan fingerprint density at radius 1 is 1.20 bits per heavy atom. The number of hydrogen-bond donors (Lipinski definition) is 0. The molecule has 0 saturated heterocycles. The van der Waals surface area contributed by atoms with Crippen molar-refractivity contribution in [3.8, 4) is 0 Å². The second kappa shape index (κ2) is 4.50. The Morgan fingerprint density at radius 2 is 1.73 bits per heavy atom. The number of ketones is 1. The zero-order valence-electron chi connectivity index (χ0n) is 8.17. The molecule has 0 unspecified atom stereocenters. The van der Waals surface area contributed by atoms with Crippen molar-refractivity contribution in [2.24, 2.45) is 5.92 Å². The second-order valence-electron chi connectivity index (χ2n) is 3.85. The Labute approximate surface area is 98.6 Å². The molecule has 1 aromatic heterocycles. The highest BCUT2D eigenvalue weighted by atomic mass is 35.5. The van der Waals surface area contributed by atoms with Gasteiger partial charge in [-0.3, -0.25) is 4.79 Å². The van der Waals surface area contributed by atoms with Crippen LogP contribution in [0.5, 0.6) is 0 Å². The fraction of sp³-hybridized carbons (Fsp3) is 0.455. The van der Waals surface area contributed by atoms with Crippen LogP contribution in [0.15, 0.2) is 12.1 Å². The molecule has 1 fully saturated rings. The van der Waals surface area contributed by atoms with Crippen molar-refractivity contribution in [2.45, 2.75) is 25.7 Å². The minimum atomic E-state index is 0.152. The number of carbonyl (C=O) groups excluding carboxylic acids is 1. The number of rotatable bonds is 2. The number of aromatic nitrogens is 1. The highest BCUT2D eigenvalue weighted by molar-refractivity contribution is 6.33. The van der Waals surface area contributed by atoms with Gasteiger partial charge in [-0.05, 0) is 25.0 Å². The summed E-state index contributed by atoms with van der Waals surface area (Å²) in [5, 5.41) is 0.563. The van der Waals surface area contributed by atoms with Gasteiger partial charge in [0.05, 0.1) is 0 Å². The van der Waals surface area contributed by atoms with Gasteiger partial charge in [0.25, 0.3) is 0 Å². The van der Waals surface area contributed by atoms with Gasteiger partial charge in [0.15, 0.2) is 5.78 Å². The van der Waals surface area contributed by atoms with Crippen molar-refractivity contribution >= 4 is 29.0 Å². The molecule has 2 nitrogen and oxygen atoms in total. The summed E-state index contributed by atoms with van der Waals surface area (Å²) in [6.45, 7) is 0. The van der Waals surface area contributed by atoms with Gasteiger partial charge in [-0.2, -0.15) is 0 Å². The molecule has 0 radical (unpaired) electrons. The van der Waals surface area contributed by atoms with Crippen LogP contribution in [0.25, 0.3) is 0 Å². The third kappa shape index (κ3) is 2.50. The Balaban J connectivity index is 2.24. The Bertz CT molecular complexity index is 366. The van der Waals surface area contributed by atoms with Gasteiger partial charge in [-0.15, -0.1) is 0 Å². The fourth-order valence-corrected chi connectivity index (χ4v) is 2.49. The van der Waals surface area contributed by atoms with Crippen LogP contribution in [0.1, 0.15) is 36.0 Å². The Kier molecular flexibility index (Phi) is 3.27. The molecule has 1 aliphatic rings. The topological polar surface area (TPSA) is 30.0 Å². The van der Waals surface area contributed by atoms with Crippen molar-refractivity contribution in [2.75, 3.05) is 0 Å². The van der Waals surface area contributed by atoms with Gasteiger partial charge < -0.3 is 0 Å². The van der Waals surface area contributed by atoms with Crippen molar-refractivity contribution in [1.82, 2.24) is 4.98 Å². The second-order valence-corrected chi connectivity index (χ2v) is 4.62. The van der Waals surface area contributed by atoms with Crippen LogP contribution in [0, 0.1) is 5.92 Å². The summed E-state index contributed by atoms with van der Waals surface area (Å²) in [5.41, 5.74) is 0.590. The van der Waals surface area contributed by atoms with E-state index in [0.29, 0.717) is 5.56 Å². The quantitative estimate of drug-likeness (QED) is 0.585. The first-order valence-corrected chi connectivity index (χ1v) is 5.80. The number of carbonyl (C=O) groups is 1. The van der Waals surface area contributed by atoms with Crippen molar-refractivity contribution in [3.05, 3.63) is 28.0 Å². The third-order valence-electron chi connectivity index (χ3n) is 2.77. The predicted octanol–water partition coefficient (Wildman–Crippen LogP) is 3.76. The maximum Gasteiger partial charge on any atom is 0.166 e. The molecule has 1 saturated carbocycles. The molecule has 0 aliphatic heterocycles. The molecule has 0 amide bonds. The van der Waals surface area contributed by atoms with Crippen molar-refractivity contribution < 1.29 is 4.79 Å². The highest BCUT2D eigenvalue weighted by Crippen LogP contribution is 2.29. The lowest BCUT2D eigenvalue weighted by Crippen LogP contribution is -2.11. The molecule has 0 spiro atoms. The van der Waals surface area contributed by atoms with E-state index in [2.05, 4.69) is 4.98 Å². The lowest BCUT2D eigenvalue weighted by molar-refractivity contribution is 0.0923. The van der Waals surface area contributed by atoms with Crippen LogP contribution < -0.4 is 0 Å². The monoisotopic (exact) mass is 243 g/mol. The Morgan fingerprint density at radius 3 is 2.27 bits per heavy atom. The van der Waals surface area contributed by atoms with E-state index in [1.54, 1.807) is 12.1 Å². The van der Waals surface area contributed by atoms with Gasteiger partial charge >= 0.3 is 0 Å². The first-order valence-electron chi connectivity index (χ1n) is 5.04. The van der Waals surface area contributed by atoms with Gasteiger partial charge in [0.1, 0.15) is 10.3 Å². The first-order chi connectivity index (χ1) is 7.16. The van der Waals surface area contributed by atoms with E-state index in [9.17, 15) is 4.79 Å². The molecule has 80 valence electrons. The maximum absolute atomic E-state index is 12.0. The van der Waals surface area contributed by atoms with Crippen LogP contribution in [0.3, 0.4) is 0 Å². The predicted molar refractivity (Wildman–Crippen MR) is 60.5 cm³/mol. The fourth-order valence-electron chi connectivity index (χ4n) is 2.03. The summed E-state index contributed by atoms with van der Waals surface area (Å²) in [6.07, 6.45) is 4.25. The average Bonchev–Trinajstić information content (AvgIpc) is 2.67. The normalized spacial score (nSPS) is 16.9. The highest BCUT2D eigenvalue weighted by Gasteiger charge is 2.24. The molecule has 1 aromatic rings. The standard InChI is InChI=1S/C11H11Cl2NO/c12-9-5-8(6-10(13)14-9)11(15)7-3-1-2-4-7/h5-7H,1-4H2. The van der Waals surface area contributed by atoms with Crippen molar-refractivity contribution in [1.29, 1.82) is 0 Å². The number of Topliss-reactive ketones (excluding diaryl/α,β-unsaturated/α-hetero) is 1. The first kappa shape index (κ1) is 10.9. The summed E-state index contributed by atoms with van der Waals surface area (Å²) in [6, 6.07) is 3.18. The smallest absolute Gasteiger partial charge is 0.166 e. The minimum Gasteiger partial charge on any atom is -0.294 e. The van der Waals surface area contributed by atoms with E-state index in [4.69, 9.17) is 23.2 Å². The van der Waals surface area contributed by atoms with E-state index >= 15 is 0 Å². The van der Waals surface area contributed by atoms with E-state index in [0.717, 1.165) is 25.7 Å². The van der Waals surface area contributed by atoms with Crippen LogP contribution in [-0.2, 0) is 0 Å². The van der Waals surface area contributed by atoms with Crippen LogP contribution in [0.2, 0.25) is 10.3 Å². The molecule has 0 N–H and O–H groups in total. The summed E-state index contributed by atoms with van der Waals surface area (Å²) in [4.78, 5) is 15.8. The summed E-state index contributed by atoms with van der Waals surface area (Å²) in [5.74, 6) is 0.304. The lowest BCUT2D eigenvalue weighted by Gasteiger charge is -2.07. The van der Waals surface area contributed by atoms with Crippen LogP contribution in [-0.4, -0.2) is 10.8 Å². The van der Waals surface area contributed by atoms with Gasteiger partial charge in [0, 0.05) is 11.5 Å². The average molecular weight is 244 g/mol. The largest absolute Gasteiger partial charge is 0.294 e. The molecule has 1 heterocycles. The number of halogens is 2. The molecule has 2 rings (SSSR count). The van der Waals surface area contributed by atoms with Crippen LogP contribution >= 0.6 is 23.2 Å². The van der Waals surface area contributed by atoms with E-state index in [-0.39, 0.29) is 22.0 Å². The minimum absolute atomic E-state index is 0.152. The zero-order chi connectivity index (χ0) is 10.8. The molecular weight excluding hydrogens is 233 g/mol. The number of nitrogens with zero attached hydrogens (tertiary/aromatic N) is 1. The lowest BCUT2D eigenvalue weighted by atomic mass is 9.97. The van der Waals surface area contributed by atoms with E-state index < -0.39 is 0 Å². The molecule has 15 heavy (non-hydrogen) atoms. The number of pyridine rings is 1. The van der Waals surface area contributed by atoms with Gasteiger partial charge in [0.2, 0.25) is 0 Å². The third-order valence-corrected chi connectivity index (χ3v) is 3.16. The summed E-state index contributed by atoms with van der Waals surface area (Å²) < 4.78 is 0.